The Morgan fingerprint density at radius 2 is 2.25 bits per heavy atom. The molecule has 0 aliphatic rings. The Bertz CT molecular complexity index is 361. The number of rotatable bonds is 3. The Balaban J connectivity index is 2.57. The molecule has 1 amide bonds. The van der Waals surface area contributed by atoms with Gasteiger partial charge in [0.15, 0.2) is 0 Å². The topological polar surface area (TPSA) is 46.6 Å². The van der Waals surface area contributed by atoms with Crippen LogP contribution in [0.5, 0.6) is 0 Å². The van der Waals surface area contributed by atoms with Gasteiger partial charge in [0.2, 0.25) is 0 Å². The number of hydrogen-bond donors (Lipinski definition) is 0. The Hall–Kier alpha value is -1.36. The van der Waals surface area contributed by atoms with E-state index in [1.807, 2.05) is 24.4 Å². The van der Waals surface area contributed by atoms with Gasteiger partial charge in [0, 0.05) is 24.4 Å². The molecule has 1 rings (SSSR count). The van der Waals surface area contributed by atoms with E-state index >= 15 is 0 Å². The second-order valence-electron chi connectivity index (χ2n) is 3.54. The minimum Gasteiger partial charge on any atom is -0.462 e. The number of likely N-dealkylation sites (N-methyl/N-ethyl adjacent to an activating group) is 1. The Labute approximate surface area is 98.8 Å². The molecule has 0 aromatic carbocycles. The predicted octanol–water partition coefficient (Wildman–Crippen LogP) is 1.31. The molecule has 0 N–H and O–H groups in total. The molecule has 0 radical (unpaired) electrons. The van der Waals surface area contributed by atoms with E-state index in [-0.39, 0.29) is 6.04 Å². The molecule has 0 bridgehead atoms. The van der Waals surface area contributed by atoms with Crippen LogP contribution in [0.2, 0.25) is 0 Å². The van der Waals surface area contributed by atoms with Gasteiger partial charge in [-0.3, -0.25) is 4.79 Å². The van der Waals surface area contributed by atoms with Crippen molar-refractivity contribution in [3.63, 3.8) is 0 Å². The Kier molecular flexibility index (Phi) is 4.49. The average molecular weight is 241 g/mol. The molecule has 1 aromatic heterocycles. The normalized spacial score (nSPS) is 11.9. The summed E-state index contributed by atoms with van der Waals surface area (Å²) in [5.74, 6) is -1.42. The van der Waals surface area contributed by atoms with Crippen LogP contribution < -0.4 is 0 Å². The van der Waals surface area contributed by atoms with Crippen molar-refractivity contribution in [3.8, 4) is 0 Å². The number of ether oxygens (including phenoxy) is 1. The summed E-state index contributed by atoms with van der Waals surface area (Å²) in [5.41, 5.74) is 0. The molecule has 5 heteroatoms. The maximum Gasteiger partial charge on any atom is 0.396 e. The van der Waals surface area contributed by atoms with Crippen molar-refractivity contribution in [2.45, 2.75) is 19.4 Å². The minimum atomic E-state index is -0.819. The van der Waals surface area contributed by atoms with Crippen molar-refractivity contribution >= 4 is 23.2 Å². The monoisotopic (exact) mass is 241 g/mol. The average Bonchev–Trinajstić information content (AvgIpc) is 2.78. The second kappa shape index (κ2) is 5.65. The highest BCUT2D eigenvalue weighted by molar-refractivity contribution is 7.09. The molecule has 88 valence electrons. The summed E-state index contributed by atoms with van der Waals surface area (Å²) in [7, 11) is 2.82. The van der Waals surface area contributed by atoms with Crippen LogP contribution in [0.25, 0.3) is 0 Å². The van der Waals surface area contributed by atoms with Gasteiger partial charge in [0.1, 0.15) is 0 Å². The van der Waals surface area contributed by atoms with Crippen LogP contribution in [0.4, 0.5) is 0 Å². The zero-order valence-corrected chi connectivity index (χ0v) is 10.4. The highest BCUT2D eigenvalue weighted by Crippen LogP contribution is 2.13. The SMILES string of the molecule is COC(=O)C(=O)N(C)C(C)Cc1cccs1. The van der Waals surface area contributed by atoms with Gasteiger partial charge >= 0.3 is 11.9 Å². The van der Waals surface area contributed by atoms with E-state index in [2.05, 4.69) is 4.74 Å². The number of thiophene rings is 1. The fourth-order valence-electron chi connectivity index (χ4n) is 1.29. The van der Waals surface area contributed by atoms with Gasteiger partial charge in [-0.05, 0) is 18.4 Å². The summed E-state index contributed by atoms with van der Waals surface area (Å²) in [5, 5.41) is 1.99. The number of amides is 1. The summed E-state index contributed by atoms with van der Waals surface area (Å²) < 4.78 is 4.39. The molecule has 0 saturated carbocycles. The van der Waals surface area contributed by atoms with Gasteiger partial charge in [-0.15, -0.1) is 11.3 Å². The lowest BCUT2D eigenvalue weighted by Crippen LogP contribution is -2.41. The molecule has 0 saturated heterocycles. The van der Waals surface area contributed by atoms with Gasteiger partial charge in [0.05, 0.1) is 7.11 Å². The highest BCUT2D eigenvalue weighted by atomic mass is 32.1. The van der Waals surface area contributed by atoms with E-state index in [0.717, 1.165) is 6.42 Å². The van der Waals surface area contributed by atoms with Gasteiger partial charge in [-0.1, -0.05) is 6.07 Å². The molecule has 0 spiro atoms. The molecular weight excluding hydrogens is 226 g/mol. The number of esters is 1. The largest absolute Gasteiger partial charge is 0.462 e. The zero-order valence-electron chi connectivity index (χ0n) is 9.60. The predicted molar refractivity (Wildman–Crippen MR) is 62.3 cm³/mol. The first-order valence-electron chi connectivity index (χ1n) is 4.93. The number of carbonyl (C=O) groups excluding carboxylic acids is 2. The van der Waals surface area contributed by atoms with E-state index in [4.69, 9.17) is 0 Å². The lowest BCUT2D eigenvalue weighted by molar-refractivity contribution is -0.158. The smallest absolute Gasteiger partial charge is 0.396 e. The van der Waals surface area contributed by atoms with Crippen LogP contribution in [-0.4, -0.2) is 37.0 Å². The van der Waals surface area contributed by atoms with Gasteiger partial charge in [-0.2, -0.15) is 0 Å². The number of carbonyl (C=O) groups is 2. The molecule has 16 heavy (non-hydrogen) atoms. The third-order valence-corrected chi connectivity index (χ3v) is 3.32. The lowest BCUT2D eigenvalue weighted by Gasteiger charge is -2.23. The second-order valence-corrected chi connectivity index (χ2v) is 4.57. The van der Waals surface area contributed by atoms with Crippen molar-refractivity contribution in [2.75, 3.05) is 14.2 Å². The number of methoxy groups -OCH3 is 1. The van der Waals surface area contributed by atoms with Gasteiger partial charge in [-0.25, -0.2) is 4.79 Å². The van der Waals surface area contributed by atoms with Gasteiger partial charge in [0.25, 0.3) is 0 Å². The first kappa shape index (κ1) is 12.7. The molecule has 4 nitrogen and oxygen atoms in total. The highest BCUT2D eigenvalue weighted by Gasteiger charge is 2.23. The summed E-state index contributed by atoms with van der Waals surface area (Å²) in [6, 6.07) is 3.96. The van der Waals surface area contributed by atoms with Crippen LogP contribution in [0.15, 0.2) is 17.5 Å². The fourth-order valence-corrected chi connectivity index (χ4v) is 2.11. The Morgan fingerprint density at radius 1 is 1.56 bits per heavy atom. The van der Waals surface area contributed by atoms with Crippen LogP contribution in [0.3, 0.4) is 0 Å². The minimum absolute atomic E-state index is 0.0229. The third kappa shape index (κ3) is 3.06. The van der Waals surface area contributed by atoms with Crippen LogP contribution >= 0.6 is 11.3 Å². The van der Waals surface area contributed by atoms with E-state index in [9.17, 15) is 9.59 Å². The number of hydrogen-bond acceptors (Lipinski definition) is 4. The first-order chi connectivity index (χ1) is 7.56. The van der Waals surface area contributed by atoms with E-state index < -0.39 is 11.9 Å². The van der Waals surface area contributed by atoms with E-state index in [1.165, 1.54) is 16.9 Å². The number of nitrogens with zero attached hydrogens (tertiary/aromatic N) is 1. The quantitative estimate of drug-likeness (QED) is 0.592. The summed E-state index contributed by atoms with van der Waals surface area (Å²) >= 11 is 1.64. The first-order valence-corrected chi connectivity index (χ1v) is 5.81. The van der Waals surface area contributed by atoms with Crippen LogP contribution in [-0.2, 0) is 20.7 Å². The van der Waals surface area contributed by atoms with Crippen LogP contribution in [0.1, 0.15) is 11.8 Å². The molecule has 1 aromatic rings. The maximum atomic E-state index is 11.5. The molecule has 0 fully saturated rings. The van der Waals surface area contributed by atoms with Crippen molar-refractivity contribution in [3.05, 3.63) is 22.4 Å². The van der Waals surface area contributed by atoms with Crippen molar-refractivity contribution < 1.29 is 14.3 Å². The zero-order chi connectivity index (χ0) is 12.1. The molecule has 1 unspecified atom stereocenters. The Morgan fingerprint density at radius 3 is 2.75 bits per heavy atom. The summed E-state index contributed by atoms with van der Waals surface area (Å²) in [6.07, 6.45) is 0.747. The lowest BCUT2D eigenvalue weighted by atomic mass is 10.2. The summed E-state index contributed by atoms with van der Waals surface area (Å²) in [6.45, 7) is 1.90. The van der Waals surface area contributed by atoms with Crippen LogP contribution in [0, 0.1) is 0 Å². The van der Waals surface area contributed by atoms with E-state index in [1.54, 1.807) is 18.4 Å². The van der Waals surface area contributed by atoms with Crippen molar-refractivity contribution in [1.82, 2.24) is 4.90 Å². The van der Waals surface area contributed by atoms with Crippen molar-refractivity contribution in [2.24, 2.45) is 0 Å². The molecule has 1 heterocycles. The molecule has 0 aliphatic carbocycles. The molecule has 1 atom stereocenters. The fraction of sp³-hybridized carbons (Fsp3) is 0.455. The molecular formula is C11H15NO3S. The molecule has 0 aliphatic heterocycles. The summed E-state index contributed by atoms with van der Waals surface area (Å²) in [4.78, 5) is 25.1. The standard InChI is InChI=1S/C11H15NO3S/c1-8(7-9-5-4-6-16-9)12(2)10(13)11(14)15-3/h4-6,8H,7H2,1-3H3. The maximum absolute atomic E-state index is 11.5. The van der Waals surface area contributed by atoms with Gasteiger partial charge < -0.3 is 9.64 Å². The third-order valence-electron chi connectivity index (χ3n) is 2.42. The van der Waals surface area contributed by atoms with E-state index in [0.29, 0.717) is 0 Å². The van der Waals surface area contributed by atoms with Crippen molar-refractivity contribution in [1.29, 1.82) is 0 Å².